The van der Waals surface area contributed by atoms with Crippen LogP contribution in [-0.4, -0.2) is 33.7 Å². The molecule has 0 unspecified atom stereocenters. The Morgan fingerprint density at radius 1 is 1.00 bits per heavy atom. The number of anilines is 2. The molecule has 1 amide bonds. The number of amides is 1. The lowest BCUT2D eigenvalue weighted by molar-refractivity contribution is -0.118. The quantitative estimate of drug-likeness (QED) is 0.724. The molecule has 0 aliphatic carbocycles. The van der Waals surface area contributed by atoms with Crippen LogP contribution in [-0.2, 0) is 14.8 Å². The van der Waals surface area contributed by atoms with Crippen molar-refractivity contribution in [1.82, 2.24) is 0 Å². The van der Waals surface area contributed by atoms with E-state index in [0.717, 1.165) is 22.4 Å². The Hall–Kier alpha value is -2.34. The van der Waals surface area contributed by atoms with Gasteiger partial charge < -0.3 is 4.90 Å². The van der Waals surface area contributed by atoms with Gasteiger partial charge in [-0.05, 0) is 56.5 Å². The van der Waals surface area contributed by atoms with Crippen LogP contribution in [0.4, 0.5) is 11.4 Å². The summed E-state index contributed by atoms with van der Waals surface area (Å²) in [7, 11) is -3.50. The molecule has 0 N–H and O–H groups in total. The normalized spacial score (nSPS) is 11.3. The molecule has 0 aliphatic heterocycles. The van der Waals surface area contributed by atoms with E-state index >= 15 is 0 Å². The second-order valence-electron chi connectivity index (χ2n) is 6.80. The highest BCUT2D eigenvalue weighted by Crippen LogP contribution is 2.27. The fraction of sp³-hybridized carbons (Fsp3) is 0.381. The molecule has 6 heteroatoms. The molecule has 146 valence electrons. The number of hydrogen-bond acceptors (Lipinski definition) is 3. The molecule has 0 atom stereocenters. The molecule has 27 heavy (non-hydrogen) atoms. The van der Waals surface area contributed by atoms with E-state index in [0.29, 0.717) is 12.2 Å². The van der Waals surface area contributed by atoms with Crippen molar-refractivity contribution in [3.05, 3.63) is 59.2 Å². The third kappa shape index (κ3) is 5.10. The highest BCUT2D eigenvalue weighted by Gasteiger charge is 2.23. The van der Waals surface area contributed by atoms with E-state index in [1.807, 2.05) is 70.2 Å². The largest absolute Gasteiger partial charge is 0.313 e. The Labute approximate surface area is 162 Å². The first-order valence-electron chi connectivity index (χ1n) is 9.06. The minimum atomic E-state index is -3.50. The van der Waals surface area contributed by atoms with Gasteiger partial charge in [-0.25, -0.2) is 8.42 Å². The summed E-state index contributed by atoms with van der Waals surface area (Å²) in [6.45, 7) is 8.31. The van der Waals surface area contributed by atoms with Crippen molar-refractivity contribution in [2.75, 3.05) is 28.6 Å². The van der Waals surface area contributed by atoms with Crippen LogP contribution in [0.15, 0.2) is 42.5 Å². The molecule has 0 saturated carbocycles. The smallest absolute Gasteiger partial charge is 0.232 e. The van der Waals surface area contributed by atoms with E-state index in [4.69, 9.17) is 0 Å². The minimum absolute atomic E-state index is 0.0945. The van der Waals surface area contributed by atoms with Crippen LogP contribution < -0.4 is 9.21 Å². The summed E-state index contributed by atoms with van der Waals surface area (Å²) in [5.41, 5.74) is 4.32. The minimum Gasteiger partial charge on any atom is -0.313 e. The Morgan fingerprint density at radius 2 is 1.59 bits per heavy atom. The van der Waals surface area contributed by atoms with E-state index in [2.05, 4.69) is 0 Å². The summed E-state index contributed by atoms with van der Waals surface area (Å²) < 4.78 is 26.2. The van der Waals surface area contributed by atoms with Crippen molar-refractivity contribution in [2.45, 2.75) is 34.1 Å². The van der Waals surface area contributed by atoms with Gasteiger partial charge in [-0.1, -0.05) is 30.3 Å². The van der Waals surface area contributed by atoms with Crippen LogP contribution in [0.5, 0.6) is 0 Å². The topological polar surface area (TPSA) is 57.7 Å². The average molecular weight is 389 g/mol. The Kier molecular flexibility index (Phi) is 6.65. The first kappa shape index (κ1) is 21.0. The predicted molar refractivity (Wildman–Crippen MR) is 112 cm³/mol. The second kappa shape index (κ2) is 8.57. The van der Waals surface area contributed by atoms with Gasteiger partial charge in [0.25, 0.3) is 0 Å². The van der Waals surface area contributed by atoms with Gasteiger partial charge in [0, 0.05) is 25.2 Å². The fourth-order valence-electron chi connectivity index (χ4n) is 3.27. The van der Waals surface area contributed by atoms with E-state index < -0.39 is 10.0 Å². The van der Waals surface area contributed by atoms with Gasteiger partial charge in [-0.3, -0.25) is 9.10 Å². The molecule has 2 rings (SSSR count). The lowest BCUT2D eigenvalue weighted by atomic mass is 10.1. The summed E-state index contributed by atoms with van der Waals surface area (Å²) in [5.74, 6) is -0.0945. The molecule has 0 bridgehead atoms. The van der Waals surface area contributed by atoms with Crippen molar-refractivity contribution in [3.8, 4) is 0 Å². The molecule has 0 fully saturated rings. The molecule has 0 aliphatic rings. The zero-order valence-electron chi connectivity index (χ0n) is 16.7. The third-order valence-corrected chi connectivity index (χ3v) is 5.71. The van der Waals surface area contributed by atoms with Crippen molar-refractivity contribution >= 4 is 27.3 Å². The summed E-state index contributed by atoms with van der Waals surface area (Å²) in [4.78, 5) is 14.5. The van der Waals surface area contributed by atoms with Gasteiger partial charge in [0.2, 0.25) is 15.9 Å². The van der Waals surface area contributed by atoms with Crippen LogP contribution in [0.3, 0.4) is 0 Å². The van der Waals surface area contributed by atoms with Crippen molar-refractivity contribution in [1.29, 1.82) is 0 Å². The fourth-order valence-corrected chi connectivity index (χ4v) is 4.32. The highest BCUT2D eigenvalue weighted by molar-refractivity contribution is 7.92. The van der Waals surface area contributed by atoms with Crippen LogP contribution in [0.25, 0.3) is 0 Å². The molecular weight excluding hydrogens is 360 g/mol. The molecule has 5 nitrogen and oxygen atoms in total. The highest BCUT2D eigenvalue weighted by atomic mass is 32.2. The number of benzene rings is 2. The van der Waals surface area contributed by atoms with E-state index in [-0.39, 0.29) is 18.9 Å². The summed E-state index contributed by atoms with van der Waals surface area (Å²) >= 11 is 0. The van der Waals surface area contributed by atoms with E-state index in [9.17, 15) is 13.2 Å². The van der Waals surface area contributed by atoms with Crippen LogP contribution >= 0.6 is 0 Å². The van der Waals surface area contributed by atoms with Crippen molar-refractivity contribution < 1.29 is 13.2 Å². The molecule has 2 aromatic carbocycles. The lowest BCUT2D eigenvalue weighted by Gasteiger charge is -2.27. The Morgan fingerprint density at radius 3 is 2.11 bits per heavy atom. The molecule has 2 aromatic rings. The van der Waals surface area contributed by atoms with Gasteiger partial charge in [-0.2, -0.15) is 0 Å². The van der Waals surface area contributed by atoms with Gasteiger partial charge in [0.1, 0.15) is 0 Å². The number of sulfonamides is 1. The molecule has 0 heterocycles. The Balaban J connectivity index is 2.26. The SMILES string of the molecule is CCN(C(=O)CCN(c1c(C)cccc1C)S(C)(=O)=O)c1cccc(C)c1. The lowest BCUT2D eigenvalue weighted by Crippen LogP contribution is -2.37. The van der Waals surface area contributed by atoms with Gasteiger partial charge >= 0.3 is 0 Å². The number of carbonyl (C=O) groups excluding carboxylic acids is 1. The van der Waals surface area contributed by atoms with Crippen molar-refractivity contribution in [3.63, 3.8) is 0 Å². The molecular formula is C21H28N2O3S. The van der Waals surface area contributed by atoms with Crippen LogP contribution in [0, 0.1) is 20.8 Å². The maximum absolute atomic E-state index is 12.8. The predicted octanol–water partition coefficient (Wildman–Crippen LogP) is 3.82. The van der Waals surface area contributed by atoms with Gasteiger partial charge in [0.05, 0.1) is 11.9 Å². The summed E-state index contributed by atoms with van der Waals surface area (Å²) in [5, 5.41) is 0. The zero-order chi connectivity index (χ0) is 20.2. The first-order chi connectivity index (χ1) is 12.6. The molecule has 0 radical (unpaired) electrons. The van der Waals surface area contributed by atoms with Crippen LogP contribution in [0.2, 0.25) is 0 Å². The molecule has 0 saturated heterocycles. The maximum Gasteiger partial charge on any atom is 0.232 e. The number of aryl methyl sites for hydroxylation is 3. The zero-order valence-corrected chi connectivity index (χ0v) is 17.5. The second-order valence-corrected chi connectivity index (χ2v) is 8.71. The third-order valence-electron chi connectivity index (χ3n) is 4.55. The standard InChI is InChI=1S/C21H28N2O3S/c1-6-22(19-12-7-9-16(2)15-19)20(24)13-14-23(27(5,25)26)21-17(3)10-8-11-18(21)4/h7-12,15H,6,13-14H2,1-5H3. The average Bonchev–Trinajstić information content (AvgIpc) is 2.57. The Bertz CT molecular complexity index is 903. The number of hydrogen-bond donors (Lipinski definition) is 0. The summed E-state index contributed by atoms with van der Waals surface area (Å²) in [6.07, 6.45) is 1.30. The maximum atomic E-state index is 12.8. The van der Waals surface area contributed by atoms with E-state index in [1.165, 1.54) is 10.6 Å². The van der Waals surface area contributed by atoms with Crippen LogP contribution in [0.1, 0.15) is 30.0 Å². The summed E-state index contributed by atoms with van der Waals surface area (Å²) in [6, 6.07) is 13.4. The molecule has 0 aromatic heterocycles. The number of para-hydroxylation sites is 1. The van der Waals surface area contributed by atoms with Gasteiger partial charge in [-0.15, -0.1) is 0 Å². The molecule has 0 spiro atoms. The first-order valence-corrected chi connectivity index (χ1v) is 10.9. The van der Waals surface area contributed by atoms with Crippen molar-refractivity contribution in [2.24, 2.45) is 0 Å². The van der Waals surface area contributed by atoms with E-state index in [1.54, 1.807) is 4.90 Å². The number of carbonyl (C=O) groups is 1. The number of rotatable bonds is 7. The number of nitrogens with zero attached hydrogens (tertiary/aromatic N) is 2. The van der Waals surface area contributed by atoms with Gasteiger partial charge in [0.15, 0.2) is 0 Å². The monoisotopic (exact) mass is 388 g/mol.